The van der Waals surface area contributed by atoms with E-state index < -0.39 is 5.85 Å². The van der Waals surface area contributed by atoms with Gasteiger partial charge in [-0.2, -0.15) is 4.39 Å². The Kier molecular flexibility index (Phi) is 13.1. The Balaban J connectivity index is 1.68. The molecule has 0 saturated heterocycles. The molecule has 0 fully saturated rings. The van der Waals surface area contributed by atoms with Crippen LogP contribution in [0, 0.1) is 0 Å². The molecule has 4 heteroatoms. The van der Waals surface area contributed by atoms with Crippen LogP contribution in [0.2, 0.25) is 0 Å². The van der Waals surface area contributed by atoms with E-state index in [-0.39, 0.29) is 0 Å². The third-order valence-electron chi connectivity index (χ3n) is 6.19. The second-order valence-electron chi connectivity index (χ2n) is 9.53. The van der Waals surface area contributed by atoms with Gasteiger partial charge >= 0.3 is 0 Å². The van der Waals surface area contributed by atoms with Crippen molar-refractivity contribution in [2.45, 2.75) is 123 Å². The molecular weight excluding hydrogens is 411 g/mol. The van der Waals surface area contributed by atoms with Crippen molar-refractivity contribution in [2.24, 2.45) is 0 Å². The van der Waals surface area contributed by atoms with Crippen LogP contribution in [0.15, 0.2) is 36.7 Å². The summed E-state index contributed by atoms with van der Waals surface area (Å²) in [5.41, 5.74) is 2.11. The Morgan fingerprint density at radius 3 is 1.82 bits per heavy atom. The van der Waals surface area contributed by atoms with Gasteiger partial charge in [-0.3, -0.25) is 0 Å². The van der Waals surface area contributed by atoms with Crippen LogP contribution in [0.25, 0.3) is 11.4 Å². The number of hydrogen-bond acceptors (Lipinski definition) is 3. The molecule has 3 nitrogen and oxygen atoms in total. The van der Waals surface area contributed by atoms with Crippen LogP contribution in [0.4, 0.5) is 4.39 Å². The van der Waals surface area contributed by atoms with Crippen LogP contribution in [0.3, 0.4) is 0 Å². The predicted octanol–water partition coefficient (Wildman–Crippen LogP) is 9.25. The zero-order valence-electron chi connectivity index (χ0n) is 21.3. The van der Waals surface area contributed by atoms with E-state index in [2.05, 4.69) is 23.8 Å². The highest BCUT2D eigenvalue weighted by Gasteiger charge is 2.24. The smallest absolute Gasteiger partial charge is 0.245 e. The maximum absolute atomic E-state index is 14.6. The lowest BCUT2D eigenvalue weighted by Crippen LogP contribution is -2.26. The van der Waals surface area contributed by atoms with Crippen molar-refractivity contribution < 1.29 is 9.13 Å². The van der Waals surface area contributed by atoms with Crippen molar-refractivity contribution in [1.82, 2.24) is 9.97 Å². The maximum Gasteiger partial charge on any atom is 0.245 e. The van der Waals surface area contributed by atoms with E-state index in [0.29, 0.717) is 18.0 Å². The molecule has 0 spiro atoms. The first-order valence-electron chi connectivity index (χ1n) is 13.3. The average Bonchev–Trinajstić information content (AvgIpc) is 2.81. The lowest BCUT2D eigenvalue weighted by atomic mass is 10.0. The number of aromatic nitrogens is 2. The van der Waals surface area contributed by atoms with Crippen molar-refractivity contribution in [3.05, 3.63) is 42.2 Å². The van der Waals surface area contributed by atoms with Gasteiger partial charge in [0.05, 0.1) is 0 Å². The van der Waals surface area contributed by atoms with Crippen LogP contribution in [-0.4, -0.2) is 15.8 Å². The minimum Gasteiger partial charge on any atom is -0.458 e. The summed E-state index contributed by atoms with van der Waals surface area (Å²) in [6.07, 6.45) is 21.7. The van der Waals surface area contributed by atoms with Gasteiger partial charge < -0.3 is 4.74 Å². The van der Waals surface area contributed by atoms with Gasteiger partial charge in [-0.25, -0.2) is 9.97 Å². The number of hydrogen-bond donors (Lipinski definition) is 0. The molecule has 0 aliphatic rings. The van der Waals surface area contributed by atoms with Gasteiger partial charge in [0, 0.05) is 31.3 Å². The van der Waals surface area contributed by atoms with Crippen LogP contribution in [-0.2, 0) is 6.42 Å². The van der Waals surface area contributed by atoms with Gasteiger partial charge in [0.1, 0.15) is 5.75 Å². The zero-order valence-corrected chi connectivity index (χ0v) is 21.3. The number of rotatable bonds is 18. The SMILES string of the molecule is CCCCCCCCCCCCc1cnc(-c2ccc(OC(C)(F)CCCCC)cc2)nc1. The molecule has 1 atom stereocenters. The van der Waals surface area contributed by atoms with Gasteiger partial charge in [0.25, 0.3) is 0 Å². The van der Waals surface area contributed by atoms with Crippen molar-refractivity contribution in [2.75, 3.05) is 0 Å². The lowest BCUT2D eigenvalue weighted by Gasteiger charge is -2.22. The Morgan fingerprint density at radius 1 is 0.727 bits per heavy atom. The van der Waals surface area contributed by atoms with Gasteiger partial charge in [0.15, 0.2) is 5.82 Å². The fraction of sp³-hybridized carbons (Fsp3) is 0.655. The van der Waals surface area contributed by atoms with Crippen molar-refractivity contribution >= 4 is 0 Å². The highest BCUT2D eigenvalue weighted by molar-refractivity contribution is 5.55. The summed E-state index contributed by atoms with van der Waals surface area (Å²) >= 11 is 0. The van der Waals surface area contributed by atoms with E-state index in [0.717, 1.165) is 31.2 Å². The topological polar surface area (TPSA) is 35.0 Å². The predicted molar refractivity (Wildman–Crippen MR) is 137 cm³/mol. The molecular formula is C29H45FN2O. The third-order valence-corrected chi connectivity index (χ3v) is 6.19. The van der Waals surface area contributed by atoms with Crippen molar-refractivity contribution in [3.63, 3.8) is 0 Å². The van der Waals surface area contributed by atoms with E-state index in [9.17, 15) is 4.39 Å². The number of alkyl halides is 1. The molecule has 0 bridgehead atoms. The molecule has 2 rings (SSSR count). The molecule has 1 heterocycles. The molecule has 184 valence electrons. The van der Waals surface area contributed by atoms with Gasteiger partial charge in [-0.05, 0) is 49.1 Å². The van der Waals surface area contributed by atoms with E-state index in [4.69, 9.17) is 4.74 Å². The van der Waals surface area contributed by atoms with Crippen LogP contribution in [0.5, 0.6) is 5.75 Å². The number of nitrogens with zero attached hydrogens (tertiary/aromatic N) is 2. The molecule has 1 aromatic carbocycles. The van der Waals surface area contributed by atoms with E-state index in [1.165, 1.54) is 76.7 Å². The fourth-order valence-corrected chi connectivity index (χ4v) is 4.11. The van der Waals surface area contributed by atoms with Crippen molar-refractivity contribution in [1.29, 1.82) is 0 Å². The number of ether oxygens (including phenoxy) is 1. The molecule has 2 aromatic rings. The maximum atomic E-state index is 14.6. The van der Waals surface area contributed by atoms with E-state index >= 15 is 0 Å². The van der Waals surface area contributed by atoms with Crippen LogP contribution < -0.4 is 4.74 Å². The first kappa shape index (κ1) is 27.3. The summed E-state index contributed by atoms with van der Waals surface area (Å²) in [6, 6.07) is 7.39. The normalized spacial score (nSPS) is 13.1. The molecule has 0 saturated carbocycles. The molecule has 1 aromatic heterocycles. The number of aryl methyl sites for hydroxylation is 1. The monoisotopic (exact) mass is 456 g/mol. The Bertz CT molecular complexity index is 743. The van der Waals surface area contributed by atoms with E-state index in [1.54, 1.807) is 12.1 Å². The molecule has 0 amide bonds. The summed E-state index contributed by atoms with van der Waals surface area (Å²) in [5.74, 6) is -0.402. The first-order chi connectivity index (χ1) is 16.0. The summed E-state index contributed by atoms with van der Waals surface area (Å²) in [4.78, 5) is 9.08. The van der Waals surface area contributed by atoms with Crippen molar-refractivity contribution in [3.8, 4) is 17.1 Å². The van der Waals surface area contributed by atoms with Crippen LogP contribution in [0.1, 0.15) is 116 Å². The van der Waals surface area contributed by atoms with E-state index in [1.807, 2.05) is 24.5 Å². The molecule has 33 heavy (non-hydrogen) atoms. The summed E-state index contributed by atoms with van der Waals surface area (Å²) in [7, 11) is 0. The Labute approximate surface area is 201 Å². The fourth-order valence-electron chi connectivity index (χ4n) is 4.11. The van der Waals surface area contributed by atoms with Gasteiger partial charge in [0.2, 0.25) is 5.85 Å². The molecule has 0 radical (unpaired) electrons. The minimum absolute atomic E-state index is 0.409. The zero-order chi connectivity index (χ0) is 23.8. The van der Waals surface area contributed by atoms with Crippen LogP contribution >= 0.6 is 0 Å². The third kappa shape index (κ3) is 11.6. The van der Waals surface area contributed by atoms with Gasteiger partial charge in [-0.1, -0.05) is 84.5 Å². The molecule has 0 aliphatic carbocycles. The summed E-state index contributed by atoms with van der Waals surface area (Å²) < 4.78 is 20.1. The lowest BCUT2D eigenvalue weighted by molar-refractivity contribution is -0.0529. The quantitative estimate of drug-likeness (QED) is 0.210. The summed E-state index contributed by atoms with van der Waals surface area (Å²) in [5, 5.41) is 0. The highest BCUT2D eigenvalue weighted by Crippen LogP contribution is 2.27. The number of unbranched alkanes of at least 4 members (excludes halogenated alkanes) is 11. The molecule has 0 aliphatic heterocycles. The first-order valence-corrected chi connectivity index (χ1v) is 13.3. The average molecular weight is 457 g/mol. The summed E-state index contributed by atoms with van der Waals surface area (Å²) in [6.45, 7) is 5.89. The largest absolute Gasteiger partial charge is 0.458 e. The Morgan fingerprint density at radius 2 is 1.24 bits per heavy atom. The molecule has 1 unspecified atom stereocenters. The second-order valence-corrected chi connectivity index (χ2v) is 9.53. The highest BCUT2D eigenvalue weighted by atomic mass is 19.2. The molecule has 0 N–H and O–H groups in total. The Hall–Kier alpha value is -1.97. The van der Waals surface area contributed by atoms with Gasteiger partial charge in [-0.15, -0.1) is 0 Å². The number of benzene rings is 1. The second kappa shape index (κ2) is 15.8. The number of halogens is 1. The standard InChI is InChI=1S/C29H45FN2O/c1-4-6-8-9-10-11-12-13-14-15-17-25-23-31-28(32-24-25)26-18-20-27(21-19-26)33-29(3,30)22-16-7-5-2/h18-21,23-24H,4-17,22H2,1-3H3. The minimum atomic E-state index is -1.64.